The van der Waals surface area contributed by atoms with Gasteiger partial charge in [0.25, 0.3) is 6.71 Å². The summed E-state index contributed by atoms with van der Waals surface area (Å²) in [5, 5.41) is 1.15. The molecule has 0 radical (unpaired) electrons. The number of nitrogens with zero attached hydrogens (tertiary/aromatic N) is 3. The van der Waals surface area contributed by atoms with Gasteiger partial charge in [-0.25, -0.2) is 0 Å². The first kappa shape index (κ1) is 44.9. The summed E-state index contributed by atoms with van der Waals surface area (Å²) in [5.41, 5.74) is 23.0. The summed E-state index contributed by atoms with van der Waals surface area (Å²) in [6.45, 7) is 16.4. The minimum atomic E-state index is -0.222. The highest BCUT2D eigenvalue weighted by atomic mass is 16.3. The minimum Gasteiger partial charge on any atom is -0.468 e. The molecule has 0 bridgehead atoms. The lowest BCUT2D eigenvalue weighted by Crippen LogP contribution is -2.61. The van der Waals surface area contributed by atoms with Crippen LogP contribution in [-0.2, 0) is 16.2 Å². The zero-order valence-corrected chi connectivity index (χ0v) is 42.9. The smallest absolute Gasteiger partial charge is 0.297 e. The van der Waals surface area contributed by atoms with Crippen molar-refractivity contribution < 1.29 is 4.42 Å². The van der Waals surface area contributed by atoms with Crippen LogP contribution < -0.4 is 31.3 Å². The summed E-state index contributed by atoms with van der Waals surface area (Å²) < 4.78 is 7.63. The van der Waals surface area contributed by atoms with Gasteiger partial charge >= 0.3 is 0 Å². The lowest BCUT2D eigenvalue weighted by atomic mass is 9.35. The Morgan fingerprint density at radius 2 is 1.00 bits per heavy atom. The summed E-state index contributed by atoms with van der Waals surface area (Å²) in [6.07, 6.45) is 2.26. The van der Waals surface area contributed by atoms with Crippen LogP contribution in [0.2, 0.25) is 0 Å². The van der Waals surface area contributed by atoms with E-state index in [-0.39, 0.29) is 23.0 Å². The largest absolute Gasteiger partial charge is 0.468 e. The van der Waals surface area contributed by atoms with Crippen LogP contribution in [0, 0.1) is 0 Å². The second kappa shape index (κ2) is 16.8. The van der Waals surface area contributed by atoms with Crippen molar-refractivity contribution in [3.63, 3.8) is 0 Å². The molecule has 10 aromatic rings. The fourth-order valence-electron chi connectivity index (χ4n) is 12.2. The molecule has 1 aromatic heterocycles. The molecule has 73 heavy (non-hydrogen) atoms. The summed E-state index contributed by atoms with van der Waals surface area (Å²) >= 11 is 0. The predicted octanol–water partition coefficient (Wildman–Crippen LogP) is 17.0. The van der Waals surface area contributed by atoms with Crippen molar-refractivity contribution in [2.75, 3.05) is 14.7 Å². The van der Waals surface area contributed by atoms with Crippen LogP contribution in [0.5, 0.6) is 0 Å². The van der Waals surface area contributed by atoms with Gasteiger partial charge in [0.2, 0.25) is 0 Å². The van der Waals surface area contributed by atoms with E-state index in [0.29, 0.717) is 0 Å². The van der Waals surface area contributed by atoms with E-state index >= 15 is 0 Å². The molecule has 3 heterocycles. The fourth-order valence-corrected chi connectivity index (χ4v) is 12.2. The monoisotopic (exact) mass is 945 g/mol. The van der Waals surface area contributed by atoms with Crippen molar-refractivity contribution >= 4 is 85.5 Å². The third-order valence-electron chi connectivity index (χ3n) is 16.2. The van der Waals surface area contributed by atoms with E-state index in [4.69, 9.17) is 4.42 Å². The molecule has 2 aliphatic heterocycles. The molecule has 0 saturated carbocycles. The van der Waals surface area contributed by atoms with Crippen molar-refractivity contribution in [1.82, 2.24) is 0 Å². The lowest BCUT2D eigenvalue weighted by Gasteiger charge is -2.44. The average molecular weight is 946 g/mol. The topological polar surface area (TPSA) is 22.9 Å². The normalized spacial score (nSPS) is 15.1. The first-order valence-electron chi connectivity index (χ1n) is 26.1. The van der Waals surface area contributed by atoms with Crippen LogP contribution >= 0.6 is 0 Å². The molecule has 0 amide bonds. The minimum absolute atomic E-state index is 0.00122. The van der Waals surface area contributed by atoms with Gasteiger partial charge in [0.1, 0.15) is 5.58 Å². The standard InChI is InChI=1S/C68H60BN3O/c1-66(2,3)49-32-34-52(35-33-49)72-61-42-54(70(50-26-16-10-17-27-50)51-28-18-11-19-29-51)41-60-63(61)69(65-64(72)55-43-56-57(44-62(55)73-65)68(6,7)38-37-67(56,4)5)58-36-31-48(46-23-14-9-15-24-46)40-59(58)71(60)53-30-20-25-47(39-53)45-21-12-8-13-22-45/h8-36,39-44H,37-38H2,1-7H3. The highest BCUT2D eigenvalue weighted by molar-refractivity contribution is 7.00. The Bertz CT molecular complexity index is 3680. The molecule has 0 fully saturated rings. The number of hydrogen-bond acceptors (Lipinski definition) is 4. The van der Waals surface area contributed by atoms with E-state index in [0.717, 1.165) is 91.8 Å². The van der Waals surface area contributed by atoms with Gasteiger partial charge in [-0.2, -0.15) is 0 Å². The molecule has 0 N–H and O–H groups in total. The van der Waals surface area contributed by atoms with E-state index < -0.39 is 0 Å². The number of benzene rings is 9. The maximum Gasteiger partial charge on any atom is 0.297 e. The Balaban J connectivity index is 1.18. The molecule has 1 aliphatic carbocycles. The Hall–Kier alpha value is -8.02. The van der Waals surface area contributed by atoms with Crippen molar-refractivity contribution in [3.8, 4) is 22.3 Å². The number of para-hydroxylation sites is 2. The summed E-state index contributed by atoms with van der Waals surface area (Å²) in [5.74, 6) is 0. The second-order valence-electron chi connectivity index (χ2n) is 22.8. The third kappa shape index (κ3) is 7.42. The molecular weight excluding hydrogens is 886 g/mol. The average Bonchev–Trinajstić information content (AvgIpc) is 3.80. The van der Waals surface area contributed by atoms with Crippen LogP contribution in [0.1, 0.15) is 78.0 Å². The summed E-state index contributed by atoms with van der Waals surface area (Å²) in [4.78, 5) is 7.51. The van der Waals surface area contributed by atoms with Gasteiger partial charge in [-0.1, -0.05) is 182 Å². The van der Waals surface area contributed by atoms with Crippen molar-refractivity contribution in [3.05, 3.63) is 229 Å². The third-order valence-corrected chi connectivity index (χ3v) is 16.2. The number of hydrogen-bond donors (Lipinski definition) is 0. The molecule has 9 aromatic carbocycles. The van der Waals surface area contributed by atoms with Gasteiger partial charge in [0, 0.05) is 45.2 Å². The molecule has 4 nitrogen and oxygen atoms in total. The van der Waals surface area contributed by atoms with Gasteiger partial charge in [-0.3, -0.25) is 0 Å². The molecule has 13 rings (SSSR count). The molecule has 5 heteroatoms. The molecule has 0 atom stereocenters. The van der Waals surface area contributed by atoms with Crippen LogP contribution in [0.15, 0.2) is 217 Å². The van der Waals surface area contributed by atoms with Crippen LogP contribution in [-0.4, -0.2) is 6.71 Å². The van der Waals surface area contributed by atoms with Gasteiger partial charge in [-0.15, -0.1) is 0 Å². The maximum absolute atomic E-state index is 7.63. The van der Waals surface area contributed by atoms with E-state index in [1.54, 1.807) is 0 Å². The van der Waals surface area contributed by atoms with Crippen molar-refractivity contribution in [2.45, 2.75) is 77.6 Å². The SMILES string of the molecule is CC(C)(C)c1ccc(N2c3cc(N(c4ccccc4)c4ccccc4)cc4c3B(c3ccc(-c5ccccc5)cc3N4c3cccc(-c4ccccc4)c3)c3oc4cc5c(cc4c32)C(C)(C)CCC5(C)C)cc1. The number of rotatable bonds is 7. The number of furan rings is 1. The van der Waals surface area contributed by atoms with Crippen molar-refractivity contribution in [1.29, 1.82) is 0 Å². The van der Waals surface area contributed by atoms with Gasteiger partial charge in [-0.05, 0) is 158 Å². The Kier molecular flexibility index (Phi) is 10.3. The fraction of sp³-hybridized carbons (Fsp3) is 0.176. The van der Waals surface area contributed by atoms with E-state index in [1.807, 2.05) is 0 Å². The highest BCUT2D eigenvalue weighted by Crippen LogP contribution is 2.53. The molecule has 356 valence electrons. The van der Waals surface area contributed by atoms with Crippen LogP contribution in [0.3, 0.4) is 0 Å². The molecule has 0 spiro atoms. The second-order valence-corrected chi connectivity index (χ2v) is 22.8. The van der Waals surface area contributed by atoms with Crippen LogP contribution in [0.4, 0.5) is 51.2 Å². The summed E-state index contributed by atoms with van der Waals surface area (Å²) in [6, 6.07) is 78.6. The highest BCUT2D eigenvalue weighted by Gasteiger charge is 2.48. The Labute approximate surface area is 431 Å². The first-order chi connectivity index (χ1) is 35.3. The van der Waals surface area contributed by atoms with E-state index in [2.05, 4.69) is 275 Å². The predicted molar refractivity (Wildman–Crippen MR) is 310 cm³/mol. The van der Waals surface area contributed by atoms with Gasteiger partial charge in [0.15, 0.2) is 0 Å². The summed E-state index contributed by atoms with van der Waals surface area (Å²) in [7, 11) is 0. The lowest BCUT2D eigenvalue weighted by molar-refractivity contribution is 0.332. The van der Waals surface area contributed by atoms with Gasteiger partial charge in [0.05, 0.1) is 17.0 Å². The zero-order valence-electron chi connectivity index (χ0n) is 42.9. The van der Waals surface area contributed by atoms with Gasteiger partial charge < -0.3 is 19.1 Å². The molecular formula is C68H60BN3O. The molecule has 3 aliphatic rings. The maximum atomic E-state index is 7.63. The number of anilines is 9. The Morgan fingerprint density at radius 1 is 0.466 bits per heavy atom. The quantitative estimate of drug-likeness (QED) is 0.149. The Morgan fingerprint density at radius 3 is 1.59 bits per heavy atom. The van der Waals surface area contributed by atoms with Crippen LogP contribution in [0.25, 0.3) is 33.2 Å². The molecule has 0 saturated heterocycles. The first-order valence-corrected chi connectivity index (χ1v) is 26.1. The van der Waals surface area contributed by atoms with Crippen molar-refractivity contribution in [2.24, 2.45) is 0 Å². The van der Waals surface area contributed by atoms with E-state index in [9.17, 15) is 0 Å². The number of fused-ring (bicyclic) bond motifs is 7. The molecule has 0 unspecified atom stereocenters. The zero-order chi connectivity index (χ0) is 49.8. The van der Waals surface area contributed by atoms with E-state index in [1.165, 1.54) is 38.7 Å².